The summed E-state index contributed by atoms with van der Waals surface area (Å²) in [7, 11) is 0. The maximum absolute atomic E-state index is 5.91. The number of rotatable bonds is 4. The molecule has 1 aromatic heterocycles. The van der Waals surface area contributed by atoms with Crippen LogP contribution in [0.1, 0.15) is 26.0 Å². The lowest BCUT2D eigenvalue weighted by Crippen LogP contribution is -2.25. The van der Waals surface area contributed by atoms with Crippen LogP contribution in [-0.2, 0) is 6.54 Å². The number of nitrogens with two attached hydrogens (primary N) is 1. The standard InChI is InChI=1S/C10H18ClN3/c1-8-9(11)6-14(13-8)5-4-10(2,3)7-12/h6H,4-5,7,12H2,1-3H3. The van der Waals surface area contributed by atoms with Crippen molar-refractivity contribution in [2.75, 3.05) is 6.54 Å². The van der Waals surface area contributed by atoms with Crippen LogP contribution in [-0.4, -0.2) is 16.3 Å². The van der Waals surface area contributed by atoms with Gasteiger partial charge in [0.05, 0.1) is 10.7 Å². The van der Waals surface area contributed by atoms with Crippen molar-refractivity contribution in [3.63, 3.8) is 0 Å². The first kappa shape index (κ1) is 11.5. The first-order valence-corrected chi connectivity index (χ1v) is 5.22. The Morgan fingerprint density at radius 3 is 2.64 bits per heavy atom. The van der Waals surface area contributed by atoms with Crippen LogP contribution in [0.3, 0.4) is 0 Å². The summed E-state index contributed by atoms with van der Waals surface area (Å²) in [5.74, 6) is 0. The Morgan fingerprint density at radius 1 is 1.57 bits per heavy atom. The van der Waals surface area contributed by atoms with Crippen LogP contribution in [0, 0.1) is 12.3 Å². The lowest BCUT2D eigenvalue weighted by atomic mass is 9.90. The molecule has 0 amide bonds. The van der Waals surface area contributed by atoms with Gasteiger partial charge in [-0.2, -0.15) is 5.10 Å². The summed E-state index contributed by atoms with van der Waals surface area (Å²) < 4.78 is 1.88. The number of aryl methyl sites for hydroxylation is 2. The largest absolute Gasteiger partial charge is 0.330 e. The molecular weight excluding hydrogens is 198 g/mol. The second-order valence-corrected chi connectivity index (χ2v) is 4.85. The molecule has 3 nitrogen and oxygen atoms in total. The molecule has 1 heterocycles. The van der Waals surface area contributed by atoms with Crippen molar-refractivity contribution >= 4 is 11.6 Å². The average Bonchev–Trinajstić information content (AvgIpc) is 2.44. The molecule has 0 aliphatic carbocycles. The minimum Gasteiger partial charge on any atom is -0.330 e. The minimum atomic E-state index is 0.173. The molecule has 2 N–H and O–H groups in total. The van der Waals surface area contributed by atoms with Gasteiger partial charge in [0.15, 0.2) is 0 Å². The van der Waals surface area contributed by atoms with Gasteiger partial charge in [-0.25, -0.2) is 0 Å². The van der Waals surface area contributed by atoms with E-state index in [-0.39, 0.29) is 5.41 Å². The fraction of sp³-hybridized carbons (Fsp3) is 0.700. The lowest BCUT2D eigenvalue weighted by molar-refractivity contribution is 0.316. The van der Waals surface area contributed by atoms with Crippen LogP contribution in [0.4, 0.5) is 0 Å². The molecule has 14 heavy (non-hydrogen) atoms. The first-order valence-electron chi connectivity index (χ1n) is 4.84. The van der Waals surface area contributed by atoms with E-state index in [0.29, 0.717) is 6.54 Å². The van der Waals surface area contributed by atoms with Gasteiger partial charge in [-0.3, -0.25) is 4.68 Å². The summed E-state index contributed by atoms with van der Waals surface area (Å²) in [5.41, 5.74) is 6.71. The Hall–Kier alpha value is -0.540. The van der Waals surface area contributed by atoms with Gasteiger partial charge >= 0.3 is 0 Å². The van der Waals surface area contributed by atoms with Crippen molar-refractivity contribution in [3.8, 4) is 0 Å². The molecule has 0 saturated carbocycles. The monoisotopic (exact) mass is 215 g/mol. The van der Waals surface area contributed by atoms with Crippen LogP contribution in [0.5, 0.6) is 0 Å². The Labute approximate surface area is 90.2 Å². The molecule has 4 heteroatoms. The molecule has 0 fully saturated rings. The van der Waals surface area contributed by atoms with Crippen molar-refractivity contribution in [3.05, 3.63) is 16.9 Å². The molecule has 0 aromatic carbocycles. The van der Waals surface area contributed by atoms with Gasteiger partial charge in [0.25, 0.3) is 0 Å². The zero-order chi connectivity index (χ0) is 10.8. The zero-order valence-corrected chi connectivity index (χ0v) is 9.80. The molecule has 0 aliphatic heterocycles. The van der Waals surface area contributed by atoms with Gasteiger partial charge < -0.3 is 5.73 Å². The average molecular weight is 216 g/mol. The first-order chi connectivity index (χ1) is 6.44. The van der Waals surface area contributed by atoms with E-state index < -0.39 is 0 Å². The predicted octanol–water partition coefficient (Wildman–Crippen LogP) is 2.22. The molecule has 0 aliphatic rings. The van der Waals surface area contributed by atoms with Crippen LogP contribution in [0.2, 0.25) is 5.02 Å². The van der Waals surface area contributed by atoms with E-state index in [4.69, 9.17) is 17.3 Å². The molecule has 1 aromatic rings. The number of hydrogen-bond acceptors (Lipinski definition) is 2. The number of hydrogen-bond donors (Lipinski definition) is 1. The van der Waals surface area contributed by atoms with E-state index in [1.807, 2.05) is 17.8 Å². The molecule has 80 valence electrons. The second kappa shape index (κ2) is 4.32. The molecule has 0 unspecified atom stereocenters. The van der Waals surface area contributed by atoms with Crippen LogP contribution in [0.15, 0.2) is 6.20 Å². The summed E-state index contributed by atoms with van der Waals surface area (Å²) in [6, 6.07) is 0. The second-order valence-electron chi connectivity index (χ2n) is 4.44. The fourth-order valence-electron chi connectivity index (χ4n) is 1.13. The molecule has 0 saturated heterocycles. The van der Waals surface area contributed by atoms with Crippen molar-refractivity contribution < 1.29 is 0 Å². The van der Waals surface area contributed by atoms with Crippen molar-refractivity contribution in [2.45, 2.75) is 33.7 Å². The molecule has 0 atom stereocenters. The Kier molecular flexibility index (Phi) is 3.56. The van der Waals surface area contributed by atoms with Crippen molar-refractivity contribution in [1.82, 2.24) is 9.78 Å². The van der Waals surface area contributed by atoms with E-state index in [2.05, 4.69) is 18.9 Å². The minimum absolute atomic E-state index is 0.173. The maximum atomic E-state index is 5.91. The lowest BCUT2D eigenvalue weighted by Gasteiger charge is -2.21. The normalized spacial score (nSPS) is 12.1. The highest BCUT2D eigenvalue weighted by Gasteiger charge is 2.15. The van der Waals surface area contributed by atoms with Crippen LogP contribution in [0.25, 0.3) is 0 Å². The van der Waals surface area contributed by atoms with E-state index in [9.17, 15) is 0 Å². The summed E-state index contributed by atoms with van der Waals surface area (Å²) in [6.45, 7) is 7.79. The molecule has 0 bridgehead atoms. The quantitative estimate of drug-likeness (QED) is 0.837. The highest BCUT2D eigenvalue weighted by atomic mass is 35.5. The third kappa shape index (κ3) is 3.00. The van der Waals surface area contributed by atoms with E-state index in [1.54, 1.807) is 0 Å². The van der Waals surface area contributed by atoms with Crippen LogP contribution < -0.4 is 5.73 Å². The van der Waals surface area contributed by atoms with Gasteiger partial charge in [0.1, 0.15) is 0 Å². The van der Waals surface area contributed by atoms with Crippen molar-refractivity contribution in [1.29, 1.82) is 0 Å². The summed E-state index contributed by atoms with van der Waals surface area (Å²) >= 11 is 5.91. The van der Waals surface area contributed by atoms with Crippen molar-refractivity contribution in [2.24, 2.45) is 11.1 Å². The SMILES string of the molecule is Cc1nn(CCC(C)(C)CN)cc1Cl. The van der Waals surface area contributed by atoms with Gasteiger partial charge in [0.2, 0.25) is 0 Å². The Morgan fingerprint density at radius 2 is 2.21 bits per heavy atom. The van der Waals surface area contributed by atoms with Gasteiger partial charge in [0, 0.05) is 12.7 Å². The number of halogens is 1. The summed E-state index contributed by atoms with van der Waals surface area (Å²) in [4.78, 5) is 0. The fourth-order valence-corrected chi connectivity index (χ4v) is 1.28. The Bertz CT molecular complexity index is 285. The summed E-state index contributed by atoms with van der Waals surface area (Å²) in [5, 5.41) is 5.02. The maximum Gasteiger partial charge on any atom is 0.0814 e. The Balaban J connectivity index is 2.54. The molecular formula is C10H18ClN3. The third-order valence-electron chi connectivity index (χ3n) is 2.46. The van der Waals surface area contributed by atoms with E-state index in [1.165, 1.54) is 0 Å². The van der Waals surface area contributed by atoms with Gasteiger partial charge in [-0.1, -0.05) is 25.4 Å². The zero-order valence-electron chi connectivity index (χ0n) is 9.05. The molecule has 0 spiro atoms. The summed E-state index contributed by atoms with van der Waals surface area (Å²) in [6.07, 6.45) is 2.88. The molecule has 0 radical (unpaired) electrons. The topological polar surface area (TPSA) is 43.8 Å². The highest BCUT2D eigenvalue weighted by Crippen LogP contribution is 2.20. The highest BCUT2D eigenvalue weighted by molar-refractivity contribution is 6.31. The van der Waals surface area contributed by atoms with Crippen LogP contribution >= 0.6 is 11.6 Å². The number of nitrogens with zero attached hydrogens (tertiary/aromatic N) is 2. The smallest absolute Gasteiger partial charge is 0.0814 e. The predicted molar refractivity (Wildman–Crippen MR) is 59.4 cm³/mol. The van der Waals surface area contributed by atoms with E-state index in [0.717, 1.165) is 23.7 Å². The molecule has 1 rings (SSSR count). The third-order valence-corrected chi connectivity index (χ3v) is 2.83. The van der Waals surface area contributed by atoms with Gasteiger partial charge in [-0.15, -0.1) is 0 Å². The number of aromatic nitrogens is 2. The van der Waals surface area contributed by atoms with E-state index >= 15 is 0 Å². The van der Waals surface area contributed by atoms with Gasteiger partial charge in [-0.05, 0) is 25.3 Å².